The second-order valence-electron chi connectivity index (χ2n) is 3.45. The molecule has 2 aromatic heterocycles. The van der Waals surface area contributed by atoms with Gasteiger partial charge in [0.05, 0.1) is 19.6 Å². The number of rotatable bonds is 3. The van der Waals surface area contributed by atoms with Gasteiger partial charge in [0.25, 0.3) is 0 Å². The molecule has 0 fully saturated rings. The molecule has 0 unspecified atom stereocenters. The van der Waals surface area contributed by atoms with E-state index in [0.717, 1.165) is 16.7 Å². The van der Waals surface area contributed by atoms with E-state index in [9.17, 15) is 0 Å². The van der Waals surface area contributed by atoms with Gasteiger partial charge < -0.3 is 4.74 Å². The van der Waals surface area contributed by atoms with Crippen molar-refractivity contribution in [3.05, 3.63) is 42.4 Å². The van der Waals surface area contributed by atoms with Gasteiger partial charge >= 0.3 is 0 Å². The molecule has 17 heavy (non-hydrogen) atoms. The minimum atomic E-state index is 0.330. The summed E-state index contributed by atoms with van der Waals surface area (Å²) in [5.74, 6) is 0.521. The quantitative estimate of drug-likeness (QED) is 0.803. The highest BCUT2D eigenvalue weighted by atomic mass is 16.5. The van der Waals surface area contributed by atoms with E-state index in [4.69, 9.17) is 10.00 Å². The lowest BCUT2D eigenvalue weighted by molar-refractivity contribution is 0.397. The minimum absolute atomic E-state index is 0.330. The molecule has 0 radical (unpaired) electrons. The summed E-state index contributed by atoms with van der Waals surface area (Å²) >= 11 is 0. The Morgan fingerprint density at radius 2 is 2.12 bits per heavy atom. The van der Waals surface area contributed by atoms with Crippen LogP contribution in [0.1, 0.15) is 5.56 Å². The molecule has 4 heteroatoms. The van der Waals surface area contributed by atoms with Gasteiger partial charge in [-0.1, -0.05) is 0 Å². The zero-order valence-corrected chi connectivity index (χ0v) is 9.42. The Morgan fingerprint density at radius 1 is 1.35 bits per heavy atom. The van der Waals surface area contributed by atoms with Crippen LogP contribution in [-0.2, 0) is 6.42 Å². The number of hydrogen-bond acceptors (Lipinski definition) is 4. The van der Waals surface area contributed by atoms with Gasteiger partial charge in [-0.15, -0.1) is 0 Å². The Morgan fingerprint density at radius 3 is 2.76 bits per heavy atom. The van der Waals surface area contributed by atoms with E-state index in [1.807, 2.05) is 12.1 Å². The average molecular weight is 225 g/mol. The first-order valence-corrected chi connectivity index (χ1v) is 5.15. The number of aromatic nitrogens is 2. The topological polar surface area (TPSA) is 58.8 Å². The molecule has 2 aromatic rings. The van der Waals surface area contributed by atoms with E-state index in [2.05, 4.69) is 16.0 Å². The van der Waals surface area contributed by atoms with Gasteiger partial charge in [-0.25, -0.2) is 4.98 Å². The van der Waals surface area contributed by atoms with Crippen LogP contribution in [0.25, 0.3) is 11.1 Å². The minimum Gasteiger partial charge on any atom is -0.481 e. The van der Waals surface area contributed by atoms with Gasteiger partial charge in [-0.05, 0) is 23.3 Å². The number of nitrogens with zero attached hydrogens (tertiary/aromatic N) is 3. The number of hydrogen-bond donors (Lipinski definition) is 0. The molecule has 2 rings (SSSR count). The second kappa shape index (κ2) is 5.08. The largest absolute Gasteiger partial charge is 0.481 e. The van der Waals surface area contributed by atoms with Crippen molar-refractivity contribution in [2.75, 3.05) is 7.11 Å². The Hall–Kier alpha value is -2.41. The first kappa shape index (κ1) is 11.1. The molecule has 0 aromatic carbocycles. The maximum absolute atomic E-state index is 8.83. The van der Waals surface area contributed by atoms with Gasteiger partial charge in [0, 0.05) is 30.2 Å². The summed E-state index contributed by atoms with van der Waals surface area (Å²) in [6, 6.07) is 7.72. The van der Waals surface area contributed by atoms with Crippen LogP contribution in [0.2, 0.25) is 0 Å². The van der Waals surface area contributed by atoms with Crippen molar-refractivity contribution in [3.8, 4) is 23.1 Å². The SMILES string of the molecule is COc1cc(CC#N)c(-c2ccncc2)cn1. The Labute approximate surface area is 99.5 Å². The molecule has 84 valence electrons. The third-order valence-corrected chi connectivity index (χ3v) is 2.43. The maximum atomic E-state index is 8.83. The van der Waals surface area contributed by atoms with E-state index in [1.54, 1.807) is 31.8 Å². The Balaban J connectivity index is 2.50. The highest BCUT2D eigenvalue weighted by Gasteiger charge is 2.07. The molecule has 0 spiro atoms. The van der Waals surface area contributed by atoms with Crippen LogP contribution in [0.15, 0.2) is 36.8 Å². The monoisotopic (exact) mass is 225 g/mol. The number of pyridine rings is 2. The molecule has 0 atom stereocenters. The smallest absolute Gasteiger partial charge is 0.213 e. The molecule has 0 aliphatic rings. The molecule has 0 bridgehead atoms. The van der Waals surface area contributed by atoms with E-state index in [1.165, 1.54) is 0 Å². The Bertz CT molecular complexity index is 546. The van der Waals surface area contributed by atoms with Crippen molar-refractivity contribution >= 4 is 0 Å². The van der Waals surface area contributed by atoms with Crippen molar-refractivity contribution in [3.63, 3.8) is 0 Å². The fraction of sp³-hybridized carbons (Fsp3) is 0.154. The third kappa shape index (κ3) is 2.40. The lowest BCUT2D eigenvalue weighted by Gasteiger charge is -2.08. The third-order valence-electron chi connectivity index (χ3n) is 2.43. The summed E-state index contributed by atoms with van der Waals surface area (Å²) in [6.07, 6.45) is 5.49. The predicted octanol–water partition coefficient (Wildman–Crippen LogP) is 2.22. The molecular formula is C13H11N3O. The molecule has 0 aliphatic heterocycles. The highest BCUT2D eigenvalue weighted by Crippen LogP contribution is 2.25. The van der Waals surface area contributed by atoms with E-state index in [-0.39, 0.29) is 0 Å². The first-order chi connectivity index (χ1) is 8.35. The van der Waals surface area contributed by atoms with Crippen LogP contribution in [0.5, 0.6) is 5.88 Å². The van der Waals surface area contributed by atoms with Crippen LogP contribution in [0, 0.1) is 11.3 Å². The maximum Gasteiger partial charge on any atom is 0.213 e. The fourth-order valence-electron chi connectivity index (χ4n) is 1.61. The lowest BCUT2D eigenvalue weighted by Crippen LogP contribution is -1.94. The summed E-state index contributed by atoms with van der Waals surface area (Å²) in [5, 5.41) is 8.83. The van der Waals surface area contributed by atoms with Gasteiger partial charge in [-0.2, -0.15) is 5.26 Å². The fourth-order valence-corrected chi connectivity index (χ4v) is 1.61. The second-order valence-corrected chi connectivity index (χ2v) is 3.45. The molecule has 0 amide bonds. The van der Waals surface area contributed by atoms with Crippen molar-refractivity contribution in [2.45, 2.75) is 6.42 Å². The van der Waals surface area contributed by atoms with E-state index < -0.39 is 0 Å². The number of methoxy groups -OCH3 is 1. The predicted molar refractivity (Wildman–Crippen MR) is 63.3 cm³/mol. The molecular weight excluding hydrogens is 214 g/mol. The summed E-state index contributed by atoms with van der Waals surface area (Å²) in [6.45, 7) is 0. The van der Waals surface area contributed by atoms with Gasteiger partial charge in [0.15, 0.2) is 0 Å². The highest BCUT2D eigenvalue weighted by molar-refractivity contribution is 5.66. The lowest BCUT2D eigenvalue weighted by atomic mass is 10.0. The Kier molecular flexibility index (Phi) is 3.31. The van der Waals surface area contributed by atoms with Crippen LogP contribution in [0.4, 0.5) is 0 Å². The molecule has 0 aliphatic carbocycles. The molecule has 0 saturated heterocycles. The van der Waals surface area contributed by atoms with E-state index >= 15 is 0 Å². The van der Waals surface area contributed by atoms with Crippen molar-refractivity contribution in [1.82, 2.24) is 9.97 Å². The summed E-state index contributed by atoms with van der Waals surface area (Å²) < 4.78 is 5.06. The first-order valence-electron chi connectivity index (χ1n) is 5.15. The van der Waals surface area contributed by atoms with Crippen molar-refractivity contribution in [1.29, 1.82) is 5.26 Å². The van der Waals surface area contributed by atoms with Crippen LogP contribution in [0.3, 0.4) is 0 Å². The molecule has 4 nitrogen and oxygen atoms in total. The van der Waals surface area contributed by atoms with Gasteiger partial charge in [-0.3, -0.25) is 4.98 Å². The summed E-state index contributed by atoms with van der Waals surface area (Å²) in [4.78, 5) is 8.13. The summed E-state index contributed by atoms with van der Waals surface area (Å²) in [5.41, 5.74) is 2.85. The van der Waals surface area contributed by atoms with Crippen LogP contribution < -0.4 is 4.74 Å². The molecule has 2 heterocycles. The zero-order chi connectivity index (χ0) is 12.1. The van der Waals surface area contributed by atoms with E-state index in [0.29, 0.717) is 12.3 Å². The van der Waals surface area contributed by atoms with Crippen LogP contribution >= 0.6 is 0 Å². The van der Waals surface area contributed by atoms with Gasteiger partial charge in [0.2, 0.25) is 5.88 Å². The zero-order valence-electron chi connectivity index (χ0n) is 9.42. The normalized spacial score (nSPS) is 9.65. The van der Waals surface area contributed by atoms with Crippen molar-refractivity contribution < 1.29 is 4.74 Å². The van der Waals surface area contributed by atoms with Crippen LogP contribution in [-0.4, -0.2) is 17.1 Å². The number of ether oxygens (including phenoxy) is 1. The standard InChI is InChI=1S/C13H11N3O/c1-17-13-8-11(2-5-14)12(9-16-13)10-3-6-15-7-4-10/h3-4,6-9H,2H2,1H3. The van der Waals surface area contributed by atoms with Crippen molar-refractivity contribution in [2.24, 2.45) is 0 Å². The van der Waals surface area contributed by atoms with Gasteiger partial charge in [0.1, 0.15) is 0 Å². The molecule has 0 saturated carbocycles. The molecule has 0 N–H and O–H groups in total. The summed E-state index contributed by atoms with van der Waals surface area (Å²) in [7, 11) is 1.56. The number of nitriles is 1. The average Bonchev–Trinajstić information content (AvgIpc) is 2.40.